The van der Waals surface area contributed by atoms with Crippen LogP contribution < -0.4 is 0 Å². The number of rotatable bonds is 1. The molecule has 0 saturated carbocycles. The molecular formula is C4H8O2Y. The van der Waals surface area contributed by atoms with Crippen LogP contribution in [-0.2, 0) is 42.2 Å². The molecule has 7 heavy (non-hydrogen) atoms. The van der Waals surface area contributed by atoms with Crippen LogP contribution in [0.25, 0.3) is 0 Å². The molecule has 2 nitrogen and oxygen atoms in total. The Morgan fingerprint density at radius 3 is 2.14 bits per heavy atom. The van der Waals surface area contributed by atoms with Gasteiger partial charge >= 0.3 is 5.97 Å². The molecule has 0 heterocycles. The second-order valence-corrected chi connectivity index (χ2v) is 0.925. The second-order valence-electron chi connectivity index (χ2n) is 0.925. The van der Waals surface area contributed by atoms with E-state index in [2.05, 4.69) is 4.74 Å². The maximum absolute atomic E-state index is 9.82. The fourth-order valence-corrected chi connectivity index (χ4v) is 0.203. The summed E-state index contributed by atoms with van der Waals surface area (Å²) >= 11 is 0. The van der Waals surface area contributed by atoms with E-state index in [1.807, 2.05) is 0 Å². The molecule has 0 unspecified atom stereocenters. The molecule has 0 aromatic heterocycles. The van der Waals surface area contributed by atoms with Gasteiger partial charge in [-0.3, -0.25) is 4.79 Å². The van der Waals surface area contributed by atoms with Crippen molar-refractivity contribution in [1.82, 2.24) is 0 Å². The van der Waals surface area contributed by atoms with Crippen molar-refractivity contribution in [3.05, 3.63) is 0 Å². The summed E-state index contributed by atoms with van der Waals surface area (Å²) in [6, 6.07) is 0. The molecule has 3 heteroatoms. The SMILES string of the molecule is CCOC(C)=O.[Y]. The maximum Gasteiger partial charge on any atom is 0.302 e. The second kappa shape index (κ2) is 6.57. The van der Waals surface area contributed by atoms with Crippen molar-refractivity contribution in [3.63, 3.8) is 0 Å². The van der Waals surface area contributed by atoms with Gasteiger partial charge in [-0.25, -0.2) is 0 Å². The Labute approximate surface area is 68.5 Å². The van der Waals surface area contributed by atoms with Gasteiger partial charge in [-0.2, -0.15) is 0 Å². The van der Waals surface area contributed by atoms with E-state index in [-0.39, 0.29) is 38.7 Å². The quantitative estimate of drug-likeness (QED) is 0.547. The van der Waals surface area contributed by atoms with Crippen LogP contribution in [0.4, 0.5) is 0 Å². The average Bonchev–Trinajstić information content (AvgIpc) is 1.35. The minimum Gasteiger partial charge on any atom is -0.466 e. The Hall–Kier alpha value is 0.574. The smallest absolute Gasteiger partial charge is 0.302 e. The largest absolute Gasteiger partial charge is 0.466 e. The van der Waals surface area contributed by atoms with E-state index < -0.39 is 0 Å². The van der Waals surface area contributed by atoms with Gasteiger partial charge in [0, 0.05) is 39.6 Å². The van der Waals surface area contributed by atoms with E-state index in [9.17, 15) is 4.79 Å². The molecule has 0 rings (SSSR count). The molecule has 0 atom stereocenters. The topological polar surface area (TPSA) is 26.3 Å². The van der Waals surface area contributed by atoms with E-state index in [4.69, 9.17) is 0 Å². The van der Waals surface area contributed by atoms with E-state index in [1.54, 1.807) is 6.92 Å². The zero-order chi connectivity index (χ0) is 4.99. The van der Waals surface area contributed by atoms with Gasteiger partial charge in [0.1, 0.15) is 0 Å². The molecule has 0 fully saturated rings. The predicted molar refractivity (Wildman–Crippen MR) is 22.3 cm³/mol. The number of carbonyl (C=O) groups is 1. The monoisotopic (exact) mass is 177 g/mol. The van der Waals surface area contributed by atoms with Crippen LogP contribution in [0.3, 0.4) is 0 Å². The first-order valence-corrected chi connectivity index (χ1v) is 1.90. The van der Waals surface area contributed by atoms with Crippen molar-refractivity contribution in [3.8, 4) is 0 Å². The number of hydrogen-bond donors (Lipinski definition) is 0. The minimum atomic E-state index is -0.211. The van der Waals surface area contributed by atoms with E-state index in [0.29, 0.717) is 6.61 Å². The summed E-state index contributed by atoms with van der Waals surface area (Å²) < 4.78 is 4.40. The number of esters is 1. The van der Waals surface area contributed by atoms with Crippen molar-refractivity contribution in [2.45, 2.75) is 13.8 Å². The molecule has 0 aliphatic carbocycles. The molecule has 39 valence electrons. The zero-order valence-corrected chi connectivity index (χ0v) is 7.44. The van der Waals surface area contributed by atoms with Crippen LogP contribution in [-0.4, -0.2) is 12.6 Å². The van der Waals surface area contributed by atoms with Crippen LogP contribution in [0.1, 0.15) is 13.8 Å². The van der Waals surface area contributed by atoms with Gasteiger partial charge in [-0.05, 0) is 6.92 Å². The Morgan fingerprint density at radius 1 is 1.71 bits per heavy atom. The molecule has 0 aromatic carbocycles. The maximum atomic E-state index is 9.82. The molecule has 1 radical (unpaired) electrons. The summed E-state index contributed by atoms with van der Waals surface area (Å²) in [5, 5.41) is 0. The molecule has 0 N–H and O–H groups in total. The predicted octanol–water partition coefficient (Wildman–Crippen LogP) is 0.567. The van der Waals surface area contributed by atoms with Gasteiger partial charge in [-0.1, -0.05) is 0 Å². The number of hydrogen-bond acceptors (Lipinski definition) is 2. The number of ether oxygens (including phenoxy) is 1. The first-order valence-electron chi connectivity index (χ1n) is 1.90. The van der Waals surface area contributed by atoms with Crippen LogP contribution in [0.5, 0.6) is 0 Å². The first-order chi connectivity index (χ1) is 2.77. The van der Waals surface area contributed by atoms with Crippen molar-refractivity contribution in [2.75, 3.05) is 6.61 Å². The molecular weight excluding hydrogens is 169 g/mol. The van der Waals surface area contributed by atoms with E-state index in [1.165, 1.54) is 6.92 Å². The van der Waals surface area contributed by atoms with Crippen LogP contribution in [0.2, 0.25) is 0 Å². The normalized spacial score (nSPS) is 6.57. The summed E-state index contributed by atoms with van der Waals surface area (Å²) in [4.78, 5) is 9.82. The summed E-state index contributed by atoms with van der Waals surface area (Å²) in [6.07, 6.45) is 0. The molecule has 0 saturated heterocycles. The fraction of sp³-hybridized carbons (Fsp3) is 0.750. The van der Waals surface area contributed by atoms with Crippen LogP contribution >= 0.6 is 0 Å². The minimum absolute atomic E-state index is 0. The molecule has 0 aromatic rings. The Kier molecular flexibility index (Phi) is 9.89. The zero-order valence-electron chi connectivity index (χ0n) is 4.60. The molecule has 0 amide bonds. The van der Waals surface area contributed by atoms with E-state index >= 15 is 0 Å². The standard InChI is InChI=1S/C4H8O2.Y/c1-3-6-4(2)5;/h3H2,1-2H3;. The van der Waals surface area contributed by atoms with Crippen molar-refractivity contribution in [1.29, 1.82) is 0 Å². The third kappa shape index (κ3) is 10.8. The van der Waals surface area contributed by atoms with Gasteiger partial charge in [0.15, 0.2) is 0 Å². The van der Waals surface area contributed by atoms with Gasteiger partial charge in [0.25, 0.3) is 0 Å². The summed E-state index contributed by atoms with van der Waals surface area (Å²) in [6.45, 7) is 3.65. The molecule has 0 aliphatic heterocycles. The third-order valence-electron chi connectivity index (χ3n) is 0.348. The Bertz CT molecular complexity index is 53.7. The third-order valence-corrected chi connectivity index (χ3v) is 0.348. The van der Waals surface area contributed by atoms with Gasteiger partial charge in [0.2, 0.25) is 0 Å². The molecule has 0 spiro atoms. The fourth-order valence-electron chi connectivity index (χ4n) is 0.203. The van der Waals surface area contributed by atoms with Crippen molar-refractivity contribution < 1.29 is 42.2 Å². The summed E-state index contributed by atoms with van der Waals surface area (Å²) in [7, 11) is 0. The summed E-state index contributed by atoms with van der Waals surface area (Å²) in [5.74, 6) is -0.211. The number of carbonyl (C=O) groups excluding carboxylic acids is 1. The van der Waals surface area contributed by atoms with Gasteiger partial charge in [-0.15, -0.1) is 0 Å². The van der Waals surface area contributed by atoms with Crippen LogP contribution in [0, 0.1) is 0 Å². The average molecular weight is 177 g/mol. The molecule has 0 aliphatic rings. The Balaban J connectivity index is 0. The van der Waals surface area contributed by atoms with Gasteiger partial charge in [0.05, 0.1) is 6.61 Å². The van der Waals surface area contributed by atoms with Crippen molar-refractivity contribution >= 4 is 5.97 Å². The van der Waals surface area contributed by atoms with Crippen molar-refractivity contribution in [2.24, 2.45) is 0 Å². The Morgan fingerprint density at radius 2 is 2.14 bits per heavy atom. The first kappa shape index (κ1) is 10.5. The molecule has 0 bridgehead atoms. The van der Waals surface area contributed by atoms with Gasteiger partial charge < -0.3 is 4.74 Å². The summed E-state index contributed by atoms with van der Waals surface area (Å²) in [5.41, 5.74) is 0. The van der Waals surface area contributed by atoms with Crippen LogP contribution in [0.15, 0.2) is 0 Å². The van der Waals surface area contributed by atoms with E-state index in [0.717, 1.165) is 0 Å².